The number of benzene rings is 3. The monoisotopic (exact) mass is 1180 g/mol. The summed E-state index contributed by atoms with van der Waals surface area (Å²) in [4.78, 5) is 71.3. The summed E-state index contributed by atoms with van der Waals surface area (Å²) in [5.41, 5.74) is 4.27. The quantitative estimate of drug-likeness (QED) is 0.0879. The Hall–Kier alpha value is -7.47. The minimum Gasteiger partial charge on any atom is -0.461 e. The first-order chi connectivity index (χ1) is 41.1. The lowest BCUT2D eigenvalue weighted by Crippen LogP contribution is -2.51. The second-order valence-corrected chi connectivity index (χ2v) is 25.1. The van der Waals surface area contributed by atoms with E-state index in [2.05, 4.69) is 40.5 Å². The van der Waals surface area contributed by atoms with Gasteiger partial charge in [-0.2, -0.15) is 9.97 Å². The number of fused-ring (bicyclic) bond motifs is 5. The fraction of sp³-hybridized carbons (Fsp3) is 0.484. The van der Waals surface area contributed by atoms with Crippen LogP contribution in [0.1, 0.15) is 94.7 Å². The number of β-amino-alcohol motifs (C(OH)–C–C–N with tert-alkyl or cyclic N) is 1. The van der Waals surface area contributed by atoms with Gasteiger partial charge in [0.1, 0.15) is 42.2 Å². The molecule has 23 heteroatoms. The smallest absolute Gasteiger partial charge is 0.409 e. The molecule has 3 N–H and O–H groups in total. The number of likely N-dealkylation sites (tertiary alicyclic amines) is 1. The number of rotatable bonds is 15. The van der Waals surface area contributed by atoms with Gasteiger partial charge in [0.05, 0.1) is 39.2 Å². The van der Waals surface area contributed by atoms with Gasteiger partial charge in [-0.25, -0.2) is 22.9 Å². The first kappa shape index (κ1) is 56.6. The minimum absolute atomic E-state index is 0.00891. The Morgan fingerprint density at radius 2 is 1.69 bits per heavy atom. The summed E-state index contributed by atoms with van der Waals surface area (Å²) >= 11 is 1.58. The Morgan fingerprint density at radius 3 is 2.45 bits per heavy atom. The topological polar surface area (TPSA) is 208 Å². The molecule has 19 nitrogen and oxygen atoms in total. The average Bonchev–Trinajstić information content (AvgIpc) is 2.99. The molecule has 6 aliphatic heterocycles. The lowest BCUT2D eigenvalue weighted by Gasteiger charge is -2.36. The molecule has 0 saturated carbocycles. The van der Waals surface area contributed by atoms with Crippen molar-refractivity contribution in [1.29, 1.82) is 0 Å². The fourth-order valence-corrected chi connectivity index (χ4v) is 14.9. The normalized spacial score (nSPS) is 24.0. The fourth-order valence-electron chi connectivity index (χ4n) is 14.0. The molecule has 8 atom stereocenters. The van der Waals surface area contributed by atoms with Crippen LogP contribution < -0.4 is 25.2 Å². The van der Waals surface area contributed by atoms with Crippen molar-refractivity contribution in [1.82, 2.24) is 50.4 Å². The van der Waals surface area contributed by atoms with E-state index in [1.165, 1.54) is 23.2 Å². The van der Waals surface area contributed by atoms with E-state index in [4.69, 9.17) is 19.0 Å². The van der Waals surface area contributed by atoms with Gasteiger partial charge in [-0.1, -0.05) is 67.5 Å². The van der Waals surface area contributed by atoms with Crippen molar-refractivity contribution in [3.63, 3.8) is 0 Å². The van der Waals surface area contributed by atoms with Crippen molar-refractivity contribution >= 4 is 62.6 Å². The molecule has 3 amide bonds. The van der Waals surface area contributed by atoms with Crippen LogP contribution in [0.3, 0.4) is 0 Å². The molecule has 0 spiro atoms. The van der Waals surface area contributed by atoms with E-state index in [0.29, 0.717) is 67.4 Å². The van der Waals surface area contributed by atoms with Crippen molar-refractivity contribution < 1.29 is 46.7 Å². The van der Waals surface area contributed by atoms with Crippen molar-refractivity contribution in [2.45, 2.75) is 120 Å². The SMILES string of the molecule is Cc1ncsc1-c1ccc([C@H](C)NC(=O)[C@@H]2C[C@@H](O)CN2C(=O)[C@@H](c2cc(N3CCN(C(=O)OC[C@@H]4CC[C@@]5(COc6nc(N7C[C@H]8CC[C@@H](C7)N8)c7cnc(-c8cccc9ccc(F)c(F)c89)c(F)c7n6)CCCN45)CC3)no2)C(C)C)cc1. The summed E-state index contributed by atoms with van der Waals surface area (Å²) < 4.78 is 65.6. The predicted molar refractivity (Wildman–Crippen MR) is 314 cm³/mol. The molecular formula is C62H69F3N12O7S. The van der Waals surface area contributed by atoms with E-state index >= 15 is 8.78 Å². The Labute approximate surface area is 493 Å². The van der Waals surface area contributed by atoms with Gasteiger partial charge in [0.25, 0.3) is 0 Å². The number of hydrogen-bond donors (Lipinski definition) is 3. The Bertz CT molecular complexity index is 3660. The highest BCUT2D eigenvalue weighted by molar-refractivity contribution is 7.13. The standard InChI is InChI=1S/C62H69F3N12O7S/c1-34(2)50(59(80)76-30-43(78)25-47(76)58(79)68-35(3)37-9-11-39(12-10-37)56-36(4)67-33-85-56)48-26-49(72-84-48)73-21-23-74(24-22-73)61(81)82-31-42-17-19-62(18-6-20-77(42)62)32-83-60-70-55-45(57(71-60)75-28-40-14-15-41(29-75)69-40)27-66-54(53(55)65)44-8-5-7-38-13-16-46(63)52(64)51(38)44/h5,7-13,16,26-27,33-35,40-43,47,50,69,78H,6,14-15,17-25,28-32H2,1-4H3,(H,68,79)/t35-,40-,41+,42-,43+,47-,50+,62+/m0/s1. The summed E-state index contributed by atoms with van der Waals surface area (Å²) in [6.07, 6.45) is 5.69. The van der Waals surface area contributed by atoms with E-state index in [1.807, 2.05) is 62.4 Å². The van der Waals surface area contributed by atoms with E-state index in [1.54, 1.807) is 34.4 Å². The van der Waals surface area contributed by atoms with Gasteiger partial charge in [-0.05, 0) is 87.4 Å². The number of nitrogens with zero attached hydrogens (tertiary/aromatic N) is 10. The minimum atomic E-state index is -1.08. The van der Waals surface area contributed by atoms with Crippen molar-refractivity contribution in [2.75, 3.05) is 75.4 Å². The first-order valence-electron chi connectivity index (χ1n) is 29.7. The molecule has 0 unspecified atom stereocenters. The summed E-state index contributed by atoms with van der Waals surface area (Å²) in [6.45, 7) is 11.9. The molecule has 6 saturated heterocycles. The first-order valence-corrected chi connectivity index (χ1v) is 30.5. The van der Waals surface area contributed by atoms with Crippen LogP contribution in [0.5, 0.6) is 6.01 Å². The van der Waals surface area contributed by atoms with Gasteiger partial charge in [-0.15, -0.1) is 11.3 Å². The van der Waals surface area contributed by atoms with E-state index in [0.717, 1.165) is 72.8 Å². The predicted octanol–water partition coefficient (Wildman–Crippen LogP) is 8.54. The van der Waals surface area contributed by atoms with Crippen LogP contribution in [0.25, 0.3) is 43.4 Å². The number of aliphatic hydroxyl groups is 1. The molecule has 2 bridgehead atoms. The second-order valence-electron chi connectivity index (χ2n) is 24.2. The number of nitrogens with one attached hydrogen (secondary N) is 2. The van der Waals surface area contributed by atoms with Gasteiger partial charge < -0.3 is 49.3 Å². The number of carbonyl (C=O) groups excluding carboxylic acids is 3. The van der Waals surface area contributed by atoms with E-state index in [9.17, 15) is 23.9 Å². The maximum Gasteiger partial charge on any atom is 0.409 e. The zero-order valence-electron chi connectivity index (χ0n) is 48.0. The van der Waals surface area contributed by atoms with Gasteiger partial charge >= 0.3 is 12.1 Å². The number of aromatic nitrogens is 5. The van der Waals surface area contributed by atoms with Crippen LogP contribution in [0.15, 0.2) is 76.9 Å². The van der Waals surface area contributed by atoms with E-state index < -0.39 is 47.1 Å². The third-order valence-corrected chi connectivity index (χ3v) is 19.5. The lowest BCUT2D eigenvalue weighted by molar-refractivity contribution is -0.141. The number of ether oxygens (including phenoxy) is 2. The molecule has 7 aromatic rings. The largest absolute Gasteiger partial charge is 0.461 e. The highest BCUT2D eigenvalue weighted by Crippen LogP contribution is 2.44. The number of hydrogen-bond acceptors (Lipinski definition) is 17. The molecule has 10 heterocycles. The number of anilines is 2. The van der Waals surface area contributed by atoms with Crippen molar-refractivity contribution in [3.8, 4) is 27.7 Å². The maximum absolute atomic E-state index is 17.1. The number of pyridine rings is 1. The number of carbonyl (C=O) groups is 3. The number of amides is 3. The van der Waals surface area contributed by atoms with Gasteiger partial charge in [0.2, 0.25) is 11.8 Å². The Balaban J connectivity index is 0.630. The molecular weight excluding hydrogens is 1110 g/mol. The molecule has 6 fully saturated rings. The van der Waals surface area contributed by atoms with Crippen LogP contribution in [0.4, 0.5) is 29.6 Å². The lowest BCUT2D eigenvalue weighted by atomic mass is 9.91. The highest BCUT2D eigenvalue weighted by atomic mass is 32.1. The number of halogens is 3. The summed E-state index contributed by atoms with van der Waals surface area (Å²) in [7, 11) is 0. The van der Waals surface area contributed by atoms with Crippen molar-refractivity contribution in [3.05, 3.63) is 107 Å². The zero-order chi connectivity index (χ0) is 58.8. The molecule has 85 heavy (non-hydrogen) atoms. The van der Waals surface area contributed by atoms with Crippen LogP contribution in [0, 0.1) is 30.3 Å². The van der Waals surface area contributed by atoms with Crippen LogP contribution in [-0.2, 0) is 14.3 Å². The molecule has 13 rings (SSSR count). The number of thiazole rings is 1. The van der Waals surface area contributed by atoms with Gasteiger partial charge in [0.15, 0.2) is 29.0 Å². The van der Waals surface area contributed by atoms with E-state index in [-0.39, 0.29) is 96.2 Å². The molecule has 4 aromatic heterocycles. The zero-order valence-corrected chi connectivity index (χ0v) is 48.8. The average molecular weight is 1180 g/mol. The summed E-state index contributed by atoms with van der Waals surface area (Å²) in [6, 6.07) is 16.3. The van der Waals surface area contributed by atoms with Gasteiger partial charge in [0, 0.05) is 93.6 Å². The third kappa shape index (κ3) is 10.8. The van der Waals surface area contributed by atoms with Crippen molar-refractivity contribution in [2.24, 2.45) is 5.92 Å². The third-order valence-electron chi connectivity index (χ3n) is 18.5. The molecule has 446 valence electrons. The van der Waals surface area contributed by atoms with Crippen LogP contribution >= 0.6 is 11.3 Å². The Kier molecular flexibility index (Phi) is 15.4. The maximum atomic E-state index is 17.1. The molecule has 3 aromatic carbocycles. The second kappa shape index (κ2) is 23.1. The molecule has 0 radical (unpaired) electrons. The number of piperazine rings is 2. The highest BCUT2D eigenvalue weighted by Gasteiger charge is 2.51. The van der Waals surface area contributed by atoms with Gasteiger partial charge in [-0.3, -0.25) is 19.5 Å². The molecule has 6 aliphatic rings. The van der Waals surface area contributed by atoms with Crippen LogP contribution in [-0.4, -0.2) is 164 Å². The number of aliphatic hydroxyl groups excluding tert-OH is 1. The summed E-state index contributed by atoms with van der Waals surface area (Å²) in [5, 5.41) is 22.7. The number of aryl methyl sites for hydroxylation is 1. The molecule has 0 aliphatic carbocycles. The summed E-state index contributed by atoms with van der Waals surface area (Å²) in [5.74, 6) is -3.18. The Morgan fingerprint density at radius 1 is 0.906 bits per heavy atom. The van der Waals surface area contributed by atoms with Crippen LogP contribution in [0.2, 0.25) is 0 Å².